The summed E-state index contributed by atoms with van der Waals surface area (Å²) in [6.07, 6.45) is 3.89. The molecular weight excluding hydrogens is 228 g/mol. The second kappa shape index (κ2) is 4.26. The van der Waals surface area contributed by atoms with Gasteiger partial charge in [-0.15, -0.1) is 0 Å². The monoisotopic (exact) mass is 239 g/mol. The predicted octanol–water partition coefficient (Wildman–Crippen LogP) is 2.78. The van der Waals surface area contributed by atoms with Crippen molar-refractivity contribution in [3.05, 3.63) is 29.3 Å². The normalized spacial score (nSPS) is 17.8. The van der Waals surface area contributed by atoms with E-state index in [1.807, 2.05) is 0 Å². The van der Waals surface area contributed by atoms with E-state index in [0.29, 0.717) is 18.9 Å². The molecule has 0 radical (unpaired) electrons. The second-order valence-electron chi connectivity index (χ2n) is 4.22. The fourth-order valence-electron chi connectivity index (χ4n) is 2.49. The molecule has 3 nitrogen and oxygen atoms in total. The number of hydrogen-bond donors (Lipinski definition) is 1. The maximum Gasteiger partial charge on any atom is 0.235 e. The molecule has 1 aromatic rings. The molecule has 0 aliphatic heterocycles. The van der Waals surface area contributed by atoms with Gasteiger partial charge in [-0.3, -0.25) is 0 Å². The van der Waals surface area contributed by atoms with E-state index in [4.69, 9.17) is 0 Å². The first-order valence-corrected chi connectivity index (χ1v) is 5.36. The van der Waals surface area contributed by atoms with Crippen LogP contribution in [-0.4, -0.2) is 11.2 Å². The largest absolute Gasteiger partial charge is 0.507 e. The third kappa shape index (κ3) is 1.94. The molecule has 2 rings (SSSR count). The fourth-order valence-corrected chi connectivity index (χ4v) is 2.49. The minimum Gasteiger partial charge on any atom is -0.507 e. The number of isocyanates is 1. The van der Waals surface area contributed by atoms with Gasteiger partial charge in [0.15, 0.2) is 0 Å². The van der Waals surface area contributed by atoms with Crippen LogP contribution in [0.1, 0.15) is 31.2 Å². The predicted molar refractivity (Wildman–Crippen MR) is 56.3 cm³/mol. The highest BCUT2D eigenvalue weighted by Gasteiger charge is 2.40. The lowest BCUT2D eigenvalue weighted by atomic mass is 9.87. The summed E-state index contributed by atoms with van der Waals surface area (Å²) in [5.41, 5.74) is -1.18. The Morgan fingerprint density at radius 3 is 2.47 bits per heavy atom. The Bertz CT molecular complexity index is 466. The van der Waals surface area contributed by atoms with Gasteiger partial charge < -0.3 is 5.11 Å². The zero-order valence-electron chi connectivity index (χ0n) is 9.04. The van der Waals surface area contributed by atoms with E-state index in [9.17, 15) is 18.7 Å². The van der Waals surface area contributed by atoms with Crippen LogP contribution >= 0.6 is 0 Å². The van der Waals surface area contributed by atoms with E-state index in [1.54, 1.807) is 0 Å². The first-order chi connectivity index (χ1) is 8.09. The Kier molecular flexibility index (Phi) is 2.94. The number of aromatic hydroxyl groups is 1. The summed E-state index contributed by atoms with van der Waals surface area (Å²) in [4.78, 5) is 14.1. The van der Waals surface area contributed by atoms with E-state index in [1.165, 1.54) is 6.08 Å². The third-order valence-electron chi connectivity index (χ3n) is 3.19. The average Bonchev–Trinajstić information content (AvgIpc) is 2.66. The van der Waals surface area contributed by atoms with Crippen LogP contribution in [0.4, 0.5) is 8.78 Å². The van der Waals surface area contributed by atoms with Gasteiger partial charge in [0.2, 0.25) is 6.08 Å². The van der Waals surface area contributed by atoms with Gasteiger partial charge in [0.1, 0.15) is 22.9 Å². The Hall–Kier alpha value is -1.74. The van der Waals surface area contributed by atoms with Gasteiger partial charge in [0.25, 0.3) is 0 Å². The summed E-state index contributed by atoms with van der Waals surface area (Å²) in [6, 6.07) is 1.52. The van der Waals surface area contributed by atoms with Crippen LogP contribution in [0.3, 0.4) is 0 Å². The number of halogens is 2. The van der Waals surface area contributed by atoms with Crippen LogP contribution in [0, 0.1) is 11.6 Å². The molecule has 1 saturated carbocycles. The maximum absolute atomic E-state index is 13.7. The SMILES string of the molecule is O=C=NC1(c2c(O)cc(F)cc2F)CCCC1. The summed E-state index contributed by atoms with van der Waals surface area (Å²) in [6.45, 7) is 0. The highest BCUT2D eigenvalue weighted by Crippen LogP contribution is 2.46. The van der Waals surface area contributed by atoms with Crippen LogP contribution in [0.2, 0.25) is 0 Å². The minimum atomic E-state index is -1.08. The van der Waals surface area contributed by atoms with Gasteiger partial charge >= 0.3 is 0 Å². The van der Waals surface area contributed by atoms with Crippen molar-refractivity contribution in [3.63, 3.8) is 0 Å². The van der Waals surface area contributed by atoms with Crippen molar-refractivity contribution < 1.29 is 18.7 Å². The molecule has 0 aromatic heterocycles. The second-order valence-corrected chi connectivity index (χ2v) is 4.22. The van der Waals surface area contributed by atoms with Crippen LogP contribution in [0.25, 0.3) is 0 Å². The molecule has 1 aromatic carbocycles. The standard InChI is InChI=1S/C12H11F2NO2/c13-8-5-9(14)11(10(17)6-8)12(15-7-16)3-1-2-4-12/h5-6,17H,1-4H2. The first kappa shape index (κ1) is 11.7. The fraction of sp³-hybridized carbons (Fsp3) is 0.417. The van der Waals surface area contributed by atoms with Crippen LogP contribution < -0.4 is 0 Å². The topological polar surface area (TPSA) is 49.7 Å². The molecule has 1 fully saturated rings. The molecular formula is C12H11F2NO2. The van der Waals surface area contributed by atoms with Gasteiger partial charge in [-0.05, 0) is 12.8 Å². The van der Waals surface area contributed by atoms with Crippen LogP contribution in [0.5, 0.6) is 5.75 Å². The number of phenolic OH excluding ortho intramolecular Hbond substituents is 1. The molecule has 0 spiro atoms. The average molecular weight is 239 g/mol. The number of carbonyl (C=O) groups excluding carboxylic acids is 1. The number of nitrogens with zero attached hydrogens (tertiary/aromatic N) is 1. The lowest BCUT2D eigenvalue weighted by molar-refractivity contribution is 0.384. The van der Waals surface area contributed by atoms with Crippen molar-refractivity contribution in [2.75, 3.05) is 0 Å². The summed E-state index contributed by atoms with van der Waals surface area (Å²) < 4.78 is 26.6. The molecule has 0 bridgehead atoms. The van der Waals surface area contributed by atoms with E-state index >= 15 is 0 Å². The van der Waals surface area contributed by atoms with E-state index in [-0.39, 0.29) is 5.56 Å². The van der Waals surface area contributed by atoms with Gasteiger partial charge in [-0.1, -0.05) is 12.8 Å². The Labute approximate surface area is 96.8 Å². The number of phenols is 1. The van der Waals surface area contributed by atoms with Gasteiger partial charge in [0, 0.05) is 12.1 Å². The molecule has 1 aliphatic carbocycles. The molecule has 90 valence electrons. The first-order valence-electron chi connectivity index (χ1n) is 5.36. The maximum atomic E-state index is 13.7. The lowest BCUT2D eigenvalue weighted by Crippen LogP contribution is -2.21. The molecule has 17 heavy (non-hydrogen) atoms. The molecule has 0 atom stereocenters. The third-order valence-corrected chi connectivity index (χ3v) is 3.19. The van der Waals surface area contributed by atoms with Crippen molar-refractivity contribution in [1.82, 2.24) is 0 Å². The molecule has 5 heteroatoms. The van der Waals surface area contributed by atoms with Crippen molar-refractivity contribution in [2.24, 2.45) is 4.99 Å². The molecule has 0 saturated heterocycles. The van der Waals surface area contributed by atoms with Crippen LogP contribution in [0.15, 0.2) is 17.1 Å². The quantitative estimate of drug-likeness (QED) is 0.637. The summed E-state index contributed by atoms with van der Waals surface area (Å²) in [7, 11) is 0. The van der Waals surface area contributed by atoms with E-state index < -0.39 is 22.9 Å². The van der Waals surface area contributed by atoms with Crippen molar-refractivity contribution >= 4 is 6.08 Å². The number of aliphatic imine (C=N–C) groups is 1. The van der Waals surface area contributed by atoms with Crippen molar-refractivity contribution in [3.8, 4) is 5.75 Å². The number of rotatable bonds is 2. The summed E-state index contributed by atoms with van der Waals surface area (Å²) in [5, 5.41) is 9.65. The highest BCUT2D eigenvalue weighted by molar-refractivity contribution is 5.45. The van der Waals surface area contributed by atoms with Crippen molar-refractivity contribution in [2.45, 2.75) is 31.2 Å². The molecule has 0 heterocycles. The van der Waals surface area contributed by atoms with Gasteiger partial charge in [-0.2, -0.15) is 4.99 Å². The summed E-state index contributed by atoms with van der Waals surface area (Å²) >= 11 is 0. The lowest BCUT2D eigenvalue weighted by Gasteiger charge is -2.24. The van der Waals surface area contributed by atoms with Gasteiger partial charge in [0.05, 0.1) is 5.56 Å². The zero-order chi connectivity index (χ0) is 12.5. The van der Waals surface area contributed by atoms with E-state index in [2.05, 4.69) is 4.99 Å². The Morgan fingerprint density at radius 1 is 1.29 bits per heavy atom. The zero-order valence-corrected chi connectivity index (χ0v) is 9.04. The summed E-state index contributed by atoms with van der Waals surface area (Å²) in [5.74, 6) is -2.22. The molecule has 1 aliphatic rings. The van der Waals surface area contributed by atoms with E-state index in [0.717, 1.165) is 18.9 Å². The van der Waals surface area contributed by atoms with Crippen LogP contribution in [-0.2, 0) is 10.3 Å². The molecule has 0 unspecified atom stereocenters. The molecule has 1 N–H and O–H groups in total. The minimum absolute atomic E-state index is 0.0975. The number of hydrogen-bond acceptors (Lipinski definition) is 3. The van der Waals surface area contributed by atoms with Crippen molar-refractivity contribution in [1.29, 1.82) is 0 Å². The molecule has 0 amide bonds. The smallest absolute Gasteiger partial charge is 0.235 e. The number of benzene rings is 1. The Morgan fingerprint density at radius 2 is 1.94 bits per heavy atom. The Balaban J connectivity index is 2.61. The van der Waals surface area contributed by atoms with Gasteiger partial charge in [-0.25, -0.2) is 13.6 Å². The highest BCUT2D eigenvalue weighted by atomic mass is 19.1.